The zero-order valence-corrected chi connectivity index (χ0v) is 9.24. The molecule has 16 heavy (non-hydrogen) atoms. The maximum Gasteiger partial charge on any atom is 0.237 e. The lowest BCUT2D eigenvalue weighted by Gasteiger charge is -2.32. The molecule has 1 fully saturated rings. The molecule has 1 aromatic rings. The van der Waals surface area contributed by atoms with Crippen LogP contribution in [0.3, 0.4) is 0 Å². The van der Waals surface area contributed by atoms with Crippen molar-refractivity contribution in [2.45, 2.75) is 19.5 Å². The van der Waals surface area contributed by atoms with Gasteiger partial charge in [0.05, 0.1) is 6.04 Å². The van der Waals surface area contributed by atoms with Crippen molar-refractivity contribution in [1.82, 2.24) is 10.2 Å². The molecule has 1 N–H and O–H groups in total. The summed E-state index contributed by atoms with van der Waals surface area (Å²) in [5, 5.41) is 2.80. The third-order valence-corrected chi connectivity index (χ3v) is 2.90. The van der Waals surface area contributed by atoms with Gasteiger partial charge < -0.3 is 5.32 Å². The van der Waals surface area contributed by atoms with E-state index in [0.717, 1.165) is 12.1 Å². The molecule has 1 saturated heterocycles. The van der Waals surface area contributed by atoms with Crippen LogP contribution in [0.15, 0.2) is 24.3 Å². The number of benzene rings is 1. The van der Waals surface area contributed by atoms with Crippen LogP contribution in [-0.4, -0.2) is 29.9 Å². The van der Waals surface area contributed by atoms with E-state index in [9.17, 15) is 9.18 Å². The van der Waals surface area contributed by atoms with Gasteiger partial charge in [0.1, 0.15) is 5.82 Å². The van der Waals surface area contributed by atoms with Crippen LogP contribution in [0.5, 0.6) is 0 Å². The number of halogens is 1. The molecule has 2 rings (SSSR count). The van der Waals surface area contributed by atoms with Crippen LogP contribution in [0.1, 0.15) is 12.5 Å². The number of hydrogen-bond donors (Lipinski definition) is 1. The van der Waals surface area contributed by atoms with Gasteiger partial charge in [0.15, 0.2) is 0 Å². The molecule has 1 aliphatic rings. The van der Waals surface area contributed by atoms with Crippen molar-refractivity contribution in [3.05, 3.63) is 35.6 Å². The molecule has 1 aliphatic heterocycles. The number of piperazine rings is 1. The molecule has 1 atom stereocenters. The average Bonchev–Trinajstić information content (AvgIpc) is 2.25. The normalized spacial score (nSPS) is 21.9. The van der Waals surface area contributed by atoms with Crippen LogP contribution in [0, 0.1) is 5.82 Å². The predicted octanol–water partition coefficient (Wildman–Crippen LogP) is 1.15. The Balaban J connectivity index is 2.06. The number of nitrogens with one attached hydrogen (secondary N) is 1. The SMILES string of the molecule is CC1C(=O)NCCN1Cc1cccc(F)c1. The van der Waals surface area contributed by atoms with Crippen LogP contribution >= 0.6 is 0 Å². The highest BCUT2D eigenvalue weighted by Gasteiger charge is 2.24. The summed E-state index contributed by atoms with van der Waals surface area (Å²) in [6.07, 6.45) is 0. The van der Waals surface area contributed by atoms with Gasteiger partial charge in [0, 0.05) is 19.6 Å². The molecule has 1 amide bonds. The number of nitrogens with zero attached hydrogens (tertiary/aromatic N) is 1. The maximum atomic E-state index is 13.0. The first-order valence-corrected chi connectivity index (χ1v) is 5.43. The largest absolute Gasteiger partial charge is 0.353 e. The van der Waals surface area contributed by atoms with Gasteiger partial charge in [-0.2, -0.15) is 0 Å². The summed E-state index contributed by atoms with van der Waals surface area (Å²) in [5.41, 5.74) is 0.904. The van der Waals surface area contributed by atoms with Gasteiger partial charge in [-0.3, -0.25) is 9.69 Å². The lowest BCUT2D eigenvalue weighted by atomic mass is 10.1. The highest BCUT2D eigenvalue weighted by molar-refractivity contribution is 5.81. The summed E-state index contributed by atoms with van der Waals surface area (Å²) >= 11 is 0. The zero-order valence-electron chi connectivity index (χ0n) is 9.24. The second-order valence-corrected chi connectivity index (χ2v) is 4.07. The number of hydrogen-bond acceptors (Lipinski definition) is 2. The standard InChI is InChI=1S/C12H15FN2O/c1-9-12(16)14-5-6-15(9)8-10-3-2-4-11(13)7-10/h2-4,7,9H,5-6,8H2,1H3,(H,14,16). The third-order valence-electron chi connectivity index (χ3n) is 2.90. The van der Waals surface area contributed by atoms with Crippen LogP contribution in [0.2, 0.25) is 0 Å². The summed E-state index contributed by atoms with van der Waals surface area (Å²) < 4.78 is 13.0. The second kappa shape index (κ2) is 4.61. The molecule has 0 spiro atoms. The van der Waals surface area contributed by atoms with Gasteiger partial charge in [-0.1, -0.05) is 12.1 Å². The fraction of sp³-hybridized carbons (Fsp3) is 0.417. The monoisotopic (exact) mass is 222 g/mol. The van der Waals surface area contributed by atoms with Crippen LogP contribution in [0.4, 0.5) is 4.39 Å². The molecule has 0 aromatic heterocycles. The molecular formula is C12H15FN2O. The summed E-state index contributed by atoms with van der Waals surface area (Å²) in [7, 11) is 0. The minimum atomic E-state index is -0.230. The Kier molecular flexibility index (Phi) is 3.19. The molecule has 0 aliphatic carbocycles. The minimum Gasteiger partial charge on any atom is -0.353 e. The second-order valence-electron chi connectivity index (χ2n) is 4.07. The summed E-state index contributed by atoms with van der Waals surface area (Å²) in [4.78, 5) is 13.5. The van der Waals surface area contributed by atoms with Gasteiger partial charge >= 0.3 is 0 Å². The Labute approximate surface area is 94.3 Å². The van der Waals surface area contributed by atoms with E-state index in [1.807, 2.05) is 17.9 Å². The molecule has 0 saturated carbocycles. The quantitative estimate of drug-likeness (QED) is 0.814. The number of carbonyl (C=O) groups excluding carboxylic acids is 1. The van der Waals surface area contributed by atoms with E-state index in [1.54, 1.807) is 6.07 Å². The third kappa shape index (κ3) is 2.39. The predicted molar refractivity (Wildman–Crippen MR) is 59.3 cm³/mol. The van der Waals surface area contributed by atoms with Crippen LogP contribution in [-0.2, 0) is 11.3 Å². The Morgan fingerprint density at radius 1 is 1.56 bits per heavy atom. The van der Waals surface area contributed by atoms with E-state index in [2.05, 4.69) is 5.32 Å². The van der Waals surface area contributed by atoms with Crippen molar-refractivity contribution in [3.8, 4) is 0 Å². The number of carbonyl (C=O) groups is 1. The summed E-state index contributed by atoms with van der Waals surface area (Å²) in [6.45, 7) is 3.96. The smallest absolute Gasteiger partial charge is 0.237 e. The minimum absolute atomic E-state index is 0.0441. The van der Waals surface area contributed by atoms with Crippen molar-refractivity contribution in [2.75, 3.05) is 13.1 Å². The van der Waals surface area contributed by atoms with Crippen molar-refractivity contribution in [2.24, 2.45) is 0 Å². The van der Waals surface area contributed by atoms with Gasteiger partial charge in [-0.15, -0.1) is 0 Å². The van der Waals surface area contributed by atoms with E-state index in [4.69, 9.17) is 0 Å². The summed E-state index contributed by atoms with van der Waals surface area (Å²) in [5.74, 6) is -0.186. The molecular weight excluding hydrogens is 207 g/mol. The molecule has 0 bridgehead atoms. The first-order valence-electron chi connectivity index (χ1n) is 5.43. The molecule has 86 valence electrons. The van der Waals surface area contributed by atoms with Crippen molar-refractivity contribution in [3.63, 3.8) is 0 Å². The van der Waals surface area contributed by atoms with Gasteiger partial charge in [0.25, 0.3) is 0 Å². The van der Waals surface area contributed by atoms with E-state index < -0.39 is 0 Å². The van der Waals surface area contributed by atoms with Crippen LogP contribution in [0.25, 0.3) is 0 Å². The van der Waals surface area contributed by atoms with E-state index in [0.29, 0.717) is 13.1 Å². The van der Waals surface area contributed by atoms with E-state index >= 15 is 0 Å². The summed E-state index contributed by atoms with van der Waals surface area (Å²) in [6, 6.07) is 6.37. The Bertz CT molecular complexity index is 394. The topological polar surface area (TPSA) is 32.3 Å². The van der Waals surface area contributed by atoms with Crippen molar-refractivity contribution >= 4 is 5.91 Å². The fourth-order valence-corrected chi connectivity index (χ4v) is 1.92. The van der Waals surface area contributed by atoms with Gasteiger partial charge in [0.2, 0.25) is 5.91 Å². The molecule has 1 aromatic carbocycles. The number of amides is 1. The van der Waals surface area contributed by atoms with E-state index in [1.165, 1.54) is 12.1 Å². The molecule has 3 nitrogen and oxygen atoms in total. The highest BCUT2D eigenvalue weighted by Crippen LogP contribution is 2.11. The Morgan fingerprint density at radius 3 is 3.12 bits per heavy atom. The average molecular weight is 222 g/mol. The Hall–Kier alpha value is -1.42. The first kappa shape index (κ1) is 11.1. The molecule has 0 radical (unpaired) electrons. The zero-order chi connectivity index (χ0) is 11.5. The molecule has 1 heterocycles. The van der Waals surface area contributed by atoms with E-state index in [-0.39, 0.29) is 17.8 Å². The van der Waals surface area contributed by atoms with Gasteiger partial charge in [-0.25, -0.2) is 4.39 Å². The lowest BCUT2D eigenvalue weighted by molar-refractivity contribution is -0.128. The molecule has 4 heteroatoms. The Morgan fingerprint density at radius 2 is 2.38 bits per heavy atom. The fourth-order valence-electron chi connectivity index (χ4n) is 1.92. The maximum absolute atomic E-state index is 13.0. The van der Waals surface area contributed by atoms with Crippen molar-refractivity contribution in [1.29, 1.82) is 0 Å². The van der Waals surface area contributed by atoms with Crippen molar-refractivity contribution < 1.29 is 9.18 Å². The highest BCUT2D eigenvalue weighted by atomic mass is 19.1. The first-order chi connectivity index (χ1) is 7.66. The lowest BCUT2D eigenvalue weighted by Crippen LogP contribution is -2.53. The van der Waals surface area contributed by atoms with Gasteiger partial charge in [-0.05, 0) is 24.6 Å². The van der Waals surface area contributed by atoms with Crippen LogP contribution < -0.4 is 5.32 Å². The number of rotatable bonds is 2. The molecule has 1 unspecified atom stereocenters.